The monoisotopic (exact) mass is 834 g/mol. The van der Waals surface area contributed by atoms with Gasteiger partial charge >= 0.3 is 0 Å². The third-order valence-corrected chi connectivity index (χ3v) is 18.2. The van der Waals surface area contributed by atoms with Gasteiger partial charge in [0.25, 0.3) is 0 Å². The molecule has 0 spiro atoms. The molecule has 0 aliphatic rings. The van der Waals surface area contributed by atoms with Crippen molar-refractivity contribution in [2.75, 3.05) is 0 Å². The van der Waals surface area contributed by atoms with Gasteiger partial charge in [0.2, 0.25) is 0 Å². The van der Waals surface area contributed by atoms with E-state index in [0.717, 1.165) is 54.7 Å². The molecule has 0 nitrogen and oxygen atoms in total. The van der Waals surface area contributed by atoms with Crippen molar-refractivity contribution in [1.29, 1.82) is 0 Å². The zero-order chi connectivity index (χ0) is 34.7. The van der Waals surface area contributed by atoms with E-state index < -0.39 is 68.8 Å². The lowest BCUT2D eigenvalue weighted by Crippen LogP contribution is -2.09. The van der Waals surface area contributed by atoms with Crippen LogP contribution < -0.4 is 0 Å². The van der Waals surface area contributed by atoms with Crippen LogP contribution in [0, 0.1) is 56.8 Å². The molecule has 0 radical (unpaired) electrons. The fourth-order valence-corrected chi connectivity index (χ4v) is 16.7. The SMILES string of the molecule is Fc1cc2sc3c4sc(-c5c(F)c(F)c(-c6c(F)c(F)c(-c7cc8sc9c%10sc(F)cc%10sc9c8s7)c(F)c6F)c(F)c5F)cc4sc3c2s1. The molecule has 0 amide bonds. The van der Waals surface area contributed by atoms with Crippen molar-refractivity contribution in [3.63, 3.8) is 0 Å². The molecule has 8 heterocycles. The summed E-state index contributed by atoms with van der Waals surface area (Å²) in [5, 5.41) is -0.762. The zero-order valence-corrected chi connectivity index (χ0v) is 29.9. The first-order valence-corrected chi connectivity index (χ1v) is 20.2. The van der Waals surface area contributed by atoms with Gasteiger partial charge in [-0.05, 0) is 12.1 Å². The minimum absolute atomic E-state index is 0.244. The first-order chi connectivity index (χ1) is 23.9. The smallest absolute Gasteiger partial charge is 0.178 e. The first-order valence-electron chi connectivity index (χ1n) is 13.7. The summed E-state index contributed by atoms with van der Waals surface area (Å²) in [6, 6.07) is 5.29. The predicted molar refractivity (Wildman–Crippen MR) is 190 cm³/mol. The molecule has 0 saturated carbocycles. The van der Waals surface area contributed by atoms with Crippen molar-refractivity contribution in [1.82, 2.24) is 0 Å². The molecule has 10 aromatic rings. The number of thiophene rings is 8. The summed E-state index contributed by atoms with van der Waals surface area (Å²) in [7, 11) is 0. The molecule has 0 N–H and O–H groups in total. The Morgan fingerprint density at radius 3 is 0.840 bits per heavy atom. The Kier molecular flexibility index (Phi) is 6.78. The summed E-state index contributed by atoms with van der Waals surface area (Å²) < 4.78 is 160. The highest BCUT2D eigenvalue weighted by Gasteiger charge is 2.36. The molecule has 2 aromatic carbocycles. The highest BCUT2D eigenvalue weighted by atomic mass is 32.1. The maximum atomic E-state index is 15.6. The number of rotatable bonds is 3. The maximum absolute atomic E-state index is 15.6. The van der Waals surface area contributed by atoms with Gasteiger partial charge in [0.15, 0.2) is 56.8 Å². The molecule has 0 unspecified atom stereocenters. The van der Waals surface area contributed by atoms with Crippen molar-refractivity contribution in [3.05, 3.63) is 81.1 Å². The molecule has 0 aliphatic carbocycles. The molecule has 0 aliphatic heterocycles. The molecule has 0 bridgehead atoms. The van der Waals surface area contributed by atoms with Crippen LogP contribution in [0.25, 0.3) is 88.4 Å². The van der Waals surface area contributed by atoms with Crippen molar-refractivity contribution in [2.45, 2.75) is 0 Å². The van der Waals surface area contributed by atoms with E-state index in [4.69, 9.17) is 0 Å². The van der Waals surface area contributed by atoms with Gasteiger partial charge < -0.3 is 0 Å². The fourth-order valence-electron chi connectivity index (χ4n) is 5.98. The second-order valence-electron chi connectivity index (χ2n) is 10.8. The van der Waals surface area contributed by atoms with Crippen molar-refractivity contribution < 1.29 is 43.9 Å². The van der Waals surface area contributed by atoms with E-state index in [2.05, 4.69) is 0 Å². The van der Waals surface area contributed by atoms with Gasteiger partial charge in [0.05, 0.1) is 69.3 Å². The predicted octanol–water partition coefficient (Wildman–Crippen LogP) is 15.5. The van der Waals surface area contributed by atoms with Crippen LogP contribution in [0.1, 0.15) is 0 Å². The first kappa shape index (κ1) is 31.6. The molecule has 250 valence electrons. The molecule has 18 heteroatoms. The van der Waals surface area contributed by atoms with Gasteiger partial charge in [-0.2, -0.15) is 8.78 Å². The van der Waals surface area contributed by atoms with Crippen LogP contribution in [0.2, 0.25) is 0 Å². The molecular formula is C32H4F10S8. The third kappa shape index (κ3) is 4.12. The molecule has 0 fully saturated rings. The molecule has 0 saturated heterocycles. The van der Waals surface area contributed by atoms with Crippen LogP contribution in [0.4, 0.5) is 43.9 Å². The lowest BCUT2D eigenvalue weighted by Gasteiger charge is -2.15. The Hall–Kier alpha value is -3.10. The normalized spacial score (nSPS) is 12.6. The Balaban J connectivity index is 1.10. The van der Waals surface area contributed by atoms with Gasteiger partial charge in [0.1, 0.15) is 0 Å². The van der Waals surface area contributed by atoms with Crippen LogP contribution in [0.5, 0.6) is 0 Å². The van der Waals surface area contributed by atoms with Crippen molar-refractivity contribution in [2.24, 2.45) is 0 Å². The zero-order valence-electron chi connectivity index (χ0n) is 23.4. The van der Waals surface area contributed by atoms with E-state index in [1.165, 1.54) is 69.6 Å². The van der Waals surface area contributed by atoms with Crippen molar-refractivity contribution in [3.8, 4) is 32.0 Å². The fraction of sp³-hybridized carbons (Fsp3) is 0. The Morgan fingerprint density at radius 2 is 0.520 bits per heavy atom. The molecular weight excluding hydrogens is 831 g/mol. The number of halogens is 10. The second kappa shape index (κ2) is 10.7. The number of benzene rings is 2. The summed E-state index contributed by atoms with van der Waals surface area (Å²) in [6.07, 6.45) is 0. The van der Waals surface area contributed by atoms with Crippen LogP contribution in [0.15, 0.2) is 24.3 Å². The average Bonchev–Trinajstić information content (AvgIpc) is 3.92. The lowest BCUT2D eigenvalue weighted by atomic mass is 9.96. The van der Waals surface area contributed by atoms with Gasteiger partial charge in [0, 0.05) is 31.3 Å². The summed E-state index contributed by atoms with van der Waals surface area (Å²) in [6.45, 7) is 0. The quantitative estimate of drug-likeness (QED) is 0.123. The molecule has 10 rings (SSSR count). The number of fused-ring (bicyclic) bond motifs is 10. The van der Waals surface area contributed by atoms with Crippen LogP contribution >= 0.6 is 90.7 Å². The number of hydrogen-bond acceptors (Lipinski definition) is 8. The summed E-state index contributed by atoms with van der Waals surface area (Å²) >= 11 is 8.37. The Labute approximate surface area is 301 Å². The van der Waals surface area contributed by atoms with Crippen molar-refractivity contribution >= 4 is 147 Å². The van der Waals surface area contributed by atoms with E-state index in [9.17, 15) is 8.78 Å². The topological polar surface area (TPSA) is 0 Å². The molecule has 50 heavy (non-hydrogen) atoms. The van der Waals surface area contributed by atoms with E-state index in [1.54, 1.807) is 0 Å². The Morgan fingerprint density at radius 1 is 0.260 bits per heavy atom. The summed E-state index contributed by atoms with van der Waals surface area (Å²) in [5.41, 5.74) is -6.20. The van der Waals surface area contributed by atoms with Gasteiger partial charge in [-0.15, -0.1) is 90.7 Å². The second-order valence-corrected chi connectivity index (χ2v) is 19.2. The Bertz CT molecular complexity index is 2850. The van der Waals surface area contributed by atoms with Gasteiger partial charge in [-0.1, -0.05) is 0 Å². The van der Waals surface area contributed by atoms with Crippen LogP contribution in [-0.2, 0) is 0 Å². The lowest BCUT2D eigenvalue weighted by molar-refractivity contribution is 0.446. The van der Waals surface area contributed by atoms with Crippen LogP contribution in [-0.4, -0.2) is 0 Å². The number of hydrogen-bond donors (Lipinski definition) is 0. The van der Waals surface area contributed by atoms with Gasteiger partial charge in [-0.25, -0.2) is 35.1 Å². The van der Waals surface area contributed by atoms with E-state index in [-0.39, 0.29) is 20.0 Å². The van der Waals surface area contributed by atoms with E-state index in [0.29, 0.717) is 47.0 Å². The van der Waals surface area contributed by atoms with Gasteiger partial charge in [-0.3, -0.25) is 0 Å². The molecule has 8 aromatic heterocycles. The average molecular weight is 835 g/mol. The summed E-state index contributed by atoms with van der Waals surface area (Å²) in [4.78, 5) is -0.488. The molecule has 0 atom stereocenters. The maximum Gasteiger partial charge on any atom is 0.178 e. The minimum atomic E-state index is -2.25. The third-order valence-electron chi connectivity index (χ3n) is 8.09. The van der Waals surface area contributed by atoms with E-state index in [1.807, 2.05) is 0 Å². The van der Waals surface area contributed by atoms with E-state index >= 15 is 35.1 Å². The highest BCUT2D eigenvalue weighted by Crippen LogP contribution is 2.54. The largest absolute Gasteiger partial charge is 0.203 e. The summed E-state index contributed by atoms with van der Waals surface area (Å²) in [5.74, 6) is -17.0. The minimum Gasteiger partial charge on any atom is -0.203 e. The highest BCUT2D eigenvalue weighted by molar-refractivity contribution is 7.45. The standard InChI is InChI=1S/C32H4F10S8/c33-11-3-9-27(49-11)31-29(47-9)25-7(45-31)1-5(43-25)13-17(35)21(39)15(22(40)18(13)36)16-23(41)19(37)14(20(38)24(16)42)6-2-8-26(44-6)30-32(46-8)28-10(48-30)4-12(34)50-28/h1-4H. The van der Waals surface area contributed by atoms with Crippen LogP contribution in [0.3, 0.4) is 0 Å².